The monoisotopic (exact) mass is 724 g/mol. The number of anilines is 2. The van der Waals surface area contributed by atoms with E-state index in [1.54, 1.807) is 0 Å². The van der Waals surface area contributed by atoms with Crippen molar-refractivity contribution in [3.8, 4) is 0 Å². The SMILES string of the molecule is C.C.C.C1COCCN1.C1COCCN1.Cl.Clc1cc(Cl)nc(Cl)n1.Clc1cc(N2CCOCC2)nc(N2CCOCC2)n1. The number of nitrogens with zero attached hydrogens (tertiary/aromatic N) is 6. The lowest BCUT2D eigenvalue weighted by atomic mass is 10.4. The number of aromatic nitrogens is 4. The highest BCUT2D eigenvalue weighted by Gasteiger charge is 2.18. The van der Waals surface area contributed by atoms with E-state index in [4.69, 9.17) is 65.4 Å². The van der Waals surface area contributed by atoms with E-state index in [2.05, 4.69) is 40.4 Å². The van der Waals surface area contributed by atoms with E-state index in [1.165, 1.54) is 6.07 Å². The van der Waals surface area contributed by atoms with Gasteiger partial charge in [0.2, 0.25) is 11.2 Å². The van der Waals surface area contributed by atoms with Gasteiger partial charge in [0.05, 0.1) is 52.9 Å². The summed E-state index contributed by atoms with van der Waals surface area (Å²) in [6.07, 6.45) is 0. The quantitative estimate of drug-likeness (QED) is 0.328. The third-order valence-corrected chi connectivity index (χ3v) is 6.38. The normalized spacial score (nSPS) is 17.5. The van der Waals surface area contributed by atoms with Crippen molar-refractivity contribution in [3.63, 3.8) is 0 Å². The molecule has 12 nitrogen and oxygen atoms in total. The van der Waals surface area contributed by atoms with Gasteiger partial charge in [-0.05, 0) is 11.6 Å². The molecule has 0 aromatic carbocycles. The highest BCUT2D eigenvalue weighted by molar-refractivity contribution is 6.35. The molecule has 0 aliphatic carbocycles. The lowest BCUT2D eigenvalue weighted by molar-refractivity contribution is 0.109. The Morgan fingerprint density at radius 2 is 0.909 bits per heavy atom. The third kappa shape index (κ3) is 18.8. The maximum atomic E-state index is 6.12. The number of hydrogen-bond acceptors (Lipinski definition) is 12. The Morgan fingerprint density at radius 1 is 0.523 bits per heavy atom. The van der Waals surface area contributed by atoms with Gasteiger partial charge in [0, 0.05) is 64.5 Å². The Morgan fingerprint density at radius 3 is 1.27 bits per heavy atom. The van der Waals surface area contributed by atoms with Gasteiger partial charge in [-0.25, -0.2) is 15.0 Å². The van der Waals surface area contributed by atoms with E-state index in [-0.39, 0.29) is 50.3 Å². The topological polar surface area (TPSA) is 119 Å². The number of nitrogens with one attached hydrogen (secondary N) is 2. The minimum absolute atomic E-state index is 0. The van der Waals surface area contributed by atoms with Crippen molar-refractivity contribution in [3.05, 3.63) is 32.9 Å². The van der Waals surface area contributed by atoms with Crippen LogP contribution in [0.2, 0.25) is 20.7 Å². The van der Waals surface area contributed by atoms with Crippen LogP contribution in [0.1, 0.15) is 22.3 Å². The molecule has 256 valence electrons. The van der Waals surface area contributed by atoms with Crippen molar-refractivity contribution in [1.82, 2.24) is 30.6 Å². The summed E-state index contributed by atoms with van der Waals surface area (Å²) < 4.78 is 20.7. The highest BCUT2D eigenvalue weighted by atomic mass is 35.5. The number of rotatable bonds is 2. The summed E-state index contributed by atoms with van der Waals surface area (Å²) >= 11 is 22.3. The van der Waals surface area contributed by atoms with Gasteiger partial charge in [0.1, 0.15) is 21.3 Å². The van der Waals surface area contributed by atoms with Crippen LogP contribution in [0.25, 0.3) is 0 Å². The first kappa shape index (κ1) is 45.1. The molecule has 2 aromatic rings. The molecule has 4 aliphatic heterocycles. The van der Waals surface area contributed by atoms with Gasteiger partial charge in [-0.2, -0.15) is 4.98 Å². The zero-order chi connectivity index (χ0) is 28.4. The van der Waals surface area contributed by atoms with Gasteiger partial charge < -0.3 is 39.4 Å². The minimum Gasteiger partial charge on any atom is -0.379 e. The molecule has 17 heteroatoms. The average molecular weight is 727 g/mol. The molecule has 4 fully saturated rings. The lowest BCUT2D eigenvalue weighted by Crippen LogP contribution is -2.39. The Balaban J connectivity index is 0. The van der Waals surface area contributed by atoms with E-state index in [1.807, 2.05) is 6.07 Å². The molecule has 0 radical (unpaired) electrons. The number of halogens is 5. The highest BCUT2D eigenvalue weighted by Crippen LogP contribution is 2.22. The fourth-order valence-electron chi connectivity index (χ4n) is 3.65. The Kier molecular flexibility index (Phi) is 27.8. The van der Waals surface area contributed by atoms with Crippen molar-refractivity contribution >= 4 is 70.6 Å². The summed E-state index contributed by atoms with van der Waals surface area (Å²) in [5, 5.41) is 7.37. The first-order chi connectivity index (χ1) is 19.5. The number of hydrogen-bond donors (Lipinski definition) is 2. The Labute approximate surface area is 289 Å². The summed E-state index contributed by atoms with van der Waals surface area (Å²) in [6, 6.07) is 3.23. The van der Waals surface area contributed by atoms with E-state index < -0.39 is 0 Å². The number of ether oxygens (including phenoxy) is 4. The van der Waals surface area contributed by atoms with Gasteiger partial charge in [-0.3, -0.25) is 0 Å². The molecular formula is C27H49Cl5N8O4. The first-order valence-corrected chi connectivity index (χ1v) is 14.6. The fraction of sp³-hybridized carbons (Fsp3) is 0.704. The smallest absolute Gasteiger partial charge is 0.228 e. The van der Waals surface area contributed by atoms with Gasteiger partial charge in [-0.1, -0.05) is 57.1 Å². The van der Waals surface area contributed by atoms with Gasteiger partial charge in [0.25, 0.3) is 0 Å². The molecule has 0 atom stereocenters. The third-order valence-electron chi connectivity index (χ3n) is 5.63. The van der Waals surface area contributed by atoms with Crippen molar-refractivity contribution < 1.29 is 18.9 Å². The standard InChI is InChI=1S/C12H17ClN4O2.C4HCl3N2.2C4H9NO.3CH4.ClH/c13-10-9-11(16-1-5-18-6-2-16)15-12(14-10)17-3-7-19-8-4-17;5-2-1-3(6)9-4(7)8-2;2*1-3-6-4-2-5-1;;;;/h9H,1-8H2;1H;2*5H,1-4H2;3*1H4;1H. The predicted molar refractivity (Wildman–Crippen MR) is 185 cm³/mol. The molecule has 6 rings (SSSR count). The molecule has 4 saturated heterocycles. The summed E-state index contributed by atoms with van der Waals surface area (Å²) in [4.78, 5) is 20.4. The number of morpholine rings is 4. The van der Waals surface area contributed by atoms with Crippen LogP contribution in [0.3, 0.4) is 0 Å². The molecule has 6 heterocycles. The molecule has 0 unspecified atom stereocenters. The van der Waals surface area contributed by atoms with Crippen molar-refractivity contribution in [2.24, 2.45) is 0 Å². The minimum atomic E-state index is 0. The maximum absolute atomic E-state index is 6.12. The summed E-state index contributed by atoms with van der Waals surface area (Å²) in [7, 11) is 0. The van der Waals surface area contributed by atoms with Crippen LogP contribution in [-0.2, 0) is 18.9 Å². The molecule has 2 N–H and O–H groups in total. The summed E-state index contributed by atoms with van der Waals surface area (Å²) in [6.45, 7) is 13.9. The van der Waals surface area contributed by atoms with Crippen LogP contribution in [0.15, 0.2) is 12.1 Å². The Bertz CT molecular complexity index is 864. The lowest BCUT2D eigenvalue weighted by Gasteiger charge is -2.30. The van der Waals surface area contributed by atoms with Crippen molar-refractivity contribution in [2.75, 3.05) is 115 Å². The van der Waals surface area contributed by atoms with Crippen LogP contribution in [0.4, 0.5) is 11.8 Å². The van der Waals surface area contributed by atoms with Crippen LogP contribution >= 0.6 is 58.8 Å². The molecule has 0 spiro atoms. The molecule has 44 heavy (non-hydrogen) atoms. The second-order valence-corrected chi connectivity index (χ2v) is 10.1. The predicted octanol–water partition coefficient (Wildman–Crippen LogP) is 4.78. The Hall–Kier alpha value is -1.03. The van der Waals surface area contributed by atoms with Crippen molar-refractivity contribution in [2.45, 2.75) is 22.3 Å². The molecule has 0 bridgehead atoms. The first-order valence-electron chi connectivity index (χ1n) is 13.1. The van der Waals surface area contributed by atoms with Crippen LogP contribution in [0.5, 0.6) is 0 Å². The van der Waals surface area contributed by atoms with Gasteiger partial charge in [0.15, 0.2) is 0 Å². The van der Waals surface area contributed by atoms with Crippen LogP contribution in [0, 0.1) is 0 Å². The molecule has 4 aliphatic rings. The second-order valence-electron chi connectivity index (χ2n) is 8.55. The zero-order valence-corrected chi connectivity index (χ0v) is 26.5. The maximum Gasteiger partial charge on any atom is 0.228 e. The largest absolute Gasteiger partial charge is 0.379 e. The average Bonchev–Trinajstić information content (AvgIpc) is 3.00. The second kappa shape index (κ2) is 27.1. The van der Waals surface area contributed by atoms with Crippen molar-refractivity contribution in [1.29, 1.82) is 0 Å². The van der Waals surface area contributed by atoms with E-state index >= 15 is 0 Å². The van der Waals surface area contributed by atoms with Crippen LogP contribution in [-0.4, -0.2) is 125 Å². The van der Waals surface area contributed by atoms with E-state index in [0.717, 1.165) is 97.8 Å². The van der Waals surface area contributed by atoms with Gasteiger partial charge >= 0.3 is 0 Å². The molecule has 0 saturated carbocycles. The molecule has 0 amide bonds. The van der Waals surface area contributed by atoms with E-state index in [0.29, 0.717) is 24.3 Å². The fourth-order valence-corrected chi connectivity index (χ4v) is 4.51. The van der Waals surface area contributed by atoms with Crippen LogP contribution < -0.4 is 20.4 Å². The molecule has 2 aromatic heterocycles. The van der Waals surface area contributed by atoms with E-state index in [9.17, 15) is 0 Å². The summed E-state index contributed by atoms with van der Waals surface area (Å²) in [5.41, 5.74) is 0. The molecular weight excluding hydrogens is 678 g/mol. The zero-order valence-electron chi connectivity index (χ0n) is 22.7. The summed E-state index contributed by atoms with van der Waals surface area (Å²) in [5.74, 6) is 1.57. The van der Waals surface area contributed by atoms with Gasteiger partial charge in [-0.15, -0.1) is 12.4 Å².